The fraction of sp³-hybridized carbons (Fsp3) is 0.250. The zero-order chi connectivity index (χ0) is 18.5. The molecule has 3 aromatic rings. The Morgan fingerprint density at radius 1 is 1.38 bits per heavy atom. The molecule has 8 nitrogen and oxygen atoms in total. The first kappa shape index (κ1) is 17.5. The highest BCUT2D eigenvalue weighted by Crippen LogP contribution is 2.22. The van der Waals surface area contributed by atoms with Gasteiger partial charge in [-0.05, 0) is 19.1 Å². The van der Waals surface area contributed by atoms with Crippen molar-refractivity contribution in [1.82, 2.24) is 25.2 Å². The fourth-order valence-electron chi connectivity index (χ4n) is 2.20. The molecule has 136 valence electrons. The van der Waals surface area contributed by atoms with Gasteiger partial charge >= 0.3 is 0 Å². The molecular formula is C16H15F2N5O3. The Bertz CT molecular complexity index is 862. The third-order valence-electron chi connectivity index (χ3n) is 3.37. The maximum atomic E-state index is 13.5. The lowest BCUT2D eigenvalue weighted by Crippen LogP contribution is -2.36. The van der Waals surface area contributed by atoms with E-state index in [1.54, 1.807) is 11.6 Å². The molecule has 1 atom stereocenters. The van der Waals surface area contributed by atoms with Crippen LogP contribution in [0.2, 0.25) is 0 Å². The van der Waals surface area contributed by atoms with Gasteiger partial charge in [0, 0.05) is 12.1 Å². The lowest BCUT2D eigenvalue weighted by molar-refractivity contribution is 0.0926. The number of amides is 1. The summed E-state index contributed by atoms with van der Waals surface area (Å²) in [6.07, 6.45) is 2.94. The molecule has 2 aromatic heterocycles. The molecule has 1 N–H and O–H groups in total. The van der Waals surface area contributed by atoms with Crippen molar-refractivity contribution in [2.75, 3.05) is 0 Å². The Balaban J connectivity index is 1.56. The van der Waals surface area contributed by atoms with E-state index in [2.05, 4.69) is 20.6 Å². The minimum Gasteiger partial charge on any atom is -0.479 e. The molecule has 0 bridgehead atoms. The van der Waals surface area contributed by atoms with Crippen LogP contribution in [0, 0.1) is 11.6 Å². The predicted molar refractivity (Wildman–Crippen MR) is 84.1 cm³/mol. The minimum atomic E-state index is -0.829. The van der Waals surface area contributed by atoms with Gasteiger partial charge in [0.25, 0.3) is 5.91 Å². The van der Waals surface area contributed by atoms with Crippen LogP contribution in [0.1, 0.15) is 23.2 Å². The SMILES string of the molecule is CC(Cn1cncn1)NC(=O)c1cc(COc2c(F)cccc2F)on1. The number of para-hydroxylation sites is 1. The van der Waals surface area contributed by atoms with Gasteiger partial charge in [-0.15, -0.1) is 0 Å². The largest absolute Gasteiger partial charge is 0.479 e. The standard InChI is InChI=1S/C16H15F2N5O3/c1-10(6-23-9-19-8-20-23)21-16(24)14-5-11(26-22-14)7-25-15-12(17)3-2-4-13(15)18/h2-5,8-10H,6-7H2,1H3,(H,21,24). The number of hydrogen-bond donors (Lipinski definition) is 1. The summed E-state index contributed by atoms with van der Waals surface area (Å²) in [6.45, 7) is 1.96. The first-order valence-corrected chi connectivity index (χ1v) is 7.68. The van der Waals surface area contributed by atoms with Gasteiger partial charge in [0.1, 0.15) is 19.3 Å². The molecule has 1 aromatic carbocycles. The molecule has 0 radical (unpaired) electrons. The molecule has 3 rings (SSSR count). The zero-order valence-electron chi connectivity index (χ0n) is 13.7. The van der Waals surface area contributed by atoms with E-state index in [9.17, 15) is 13.6 Å². The predicted octanol–water partition coefficient (Wildman–Crippen LogP) is 1.94. The summed E-state index contributed by atoms with van der Waals surface area (Å²) in [4.78, 5) is 16.0. The van der Waals surface area contributed by atoms with Gasteiger partial charge in [0.15, 0.2) is 28.8 Å². The monoisotopic (exact) mass is 363 g/mol. The van der Waals surface area contributed by atoms with Crippen molar-refractivity contribution in [3.63, 3.8) is 0 Å². The van der Waals surface area contributed by atoms with Gasteiger partial charge < -0.3 is 14.6 Å². The van der Waals surface area contributed by atoms with Crippen LogP contribution in [0.25, 0.3) is 0 Å². The average molecular weight is 363 g/mol. The summed E-state index contributed by atoms with van der Waals surface area (Å²) in [6, 6.07) is 4.50. The van der Waals surface area contributed by atoms with E-state index < -0.39 is 23.3 Å². The van der Waals surface area contributed by atoms with Gasteiger partial charge in [0.05, 0.1) is 6.54 Å². The Morgan fingerprint density at radius 2 is 2.15 bits per heavy atom. The van der Waals surface area contributed by atoms with E-state index in [1.807, 2.05) is 0 Å². The van der Waals surface area contributed by atoms with Crippen molar-refractivity contribution in [3.8, 4) is 5.75 Å². The molecule has 10 heteroatoms. The highest BCUT2D eigenvalue weighted by Gasteiger charge is 2.17. The van der Waals surface area contributed by atoms with Gasteiger partial charge in [-0.3, -0.25) is 9.48 Å². The second-order valence-electron chi connectivity index (χ2n) is 5.51. The van der Waals surface area contributed by atoms with Crippen molar-refractivity contribution < 1.29 is 22.8 Å². The van der Waals surface area contributed by atoms with Crippen LogP contribution in [-0.4, -0.2) is 31.9 Å². The van der Waals surface area contributed by atoms with E-state index in [1.165, 1.54) is 24.8 Å². The quantitative estimate of drug-likeness (QED) is 0.689. The summed E-state index contributed by atoms with van der Waals surface area (Å²) in [5, 5.41) is 10.3. The maximum Gasteiger partial charge on any atom is 0.273 e. The van der Waals surface area contributed by atoms with Crippen molar-refractivity contribution in [1.29, 1.82) is 0 Å². The number of carbonyl (C=O) groups is 1. The molecule has 26 heavy (non-hydrogen) atoms. The smallest absolute Gasteiger partial charge is 0.273 e. The second kappa shape index (κ2) is 7.72. The van der Waals surface area contributed by atoms with Gasteiger partial charge in [-0.2, -0.15) is 5.10 Å². The lowest BCUT2D eigenvalue weighted by atomic mass is 10.3. The maximum absolute atomic E-state index is 13.5. The minimum absolute atomic E-state index is 0.0306. The Morgan fingerprint density at radius 3 is 2.85 bits per heavy atom. The number of hydrogen-bond acceptors (Lipinski definition) is 6. The Kier molecular flexibility index (Phi) is 5.20. The number of nitrogens with zero attached hydrogens (tertiary/aromatic N) is 4. The number of rotatable bonds is 7. The molecule has 0 fully saturated rings. The molecule has 1 unspecified atom stereocenters. The van der Waals surface area contributed by atoms with Gasteiger partial charge in [0.2, 0.25) is 0 Å². The van der Waals surface area contributed by atoms with E-state index in [0.717, 1.165) is 12.1 Å². The first-order chi connectivity index (χ1) is 12.5. The number of benzene rings is 1. The third kappa shape index (κ3) is 4.21. The molecular weight excluding hydrogens is 348 g/mol. The van der Waals surface area contributed by atoms with Crippen LogP contribution >= 0.6 is 0 Å². The summed E-state index contributed by atoms with van der Waals surface area (Å²) >= 11 is 0. The number of nitrogens with one attached hydrogen (secondary N) is 1. The molecule has 0 aliphatic carbocycles. The number of ether oxygens (including phenoxy) is 1. The lowest BCUT2D eigenvalue weighted by Gasteiger charge is -2.12. The topological polar surface area (TPSA) is 95.1 Å². The van der Waals surface area contributed by atoms with Crippen LogP contribution in [0.15, 0.2) is 41.4 Å². The molecule has 2 heterocycles. The number of halogens is 2. The van der Waals surface area contributed by atoms with Gasteiger partial charge in [-0.1, -0.05) is 11.2 Å². The molecule has 0 aliphatic rings. The summed E-state index contributed by atoms with van der Waals surface area (Å²) in [7, 11) is 0. The number of aromatic nitrogens is 4. The van der Waals surface area contributed by atoms with Crippen molar-refractivity contribution in [2.45, 2.75) is 26.1 Å². The molecule has 0 aliphatic heterocycles. The van der Waals surface area contributed by atoms with Crippen LogP contribution < -0.4 is 10.1 Å². The van der Waals surface area contributed by atoms with Crippen LogP contribution in [0.3, 0.4) is 0 Å². The van der Waals surface area contributed by atoms with Crippen molar-refractivity contribution >= 4 is 5.91 Å². The normalized spacial score (nSPS) is 12.0. The molecule has 0 saturated heterocycles. The summed E-state index contributed by atoms with van der Waals surface area (Å²) < 4.78 is 38.6. The fourth-order valence-corrected chi connectivity index (χ4v) is 2.20. The highest BCUT2D eigenvalue weighted by molar-refractivity contribution is 5.92. The Labute approximate surface area is 146 Å². The van der Waals surface area contributed by atoms with Gasteiger partial charge in [-0.25, -0.2) is 13.8 Å². The van der Waals surface area contributed by atoms with Crippen LogP contribution in [-0.2, 0) is 13.2 Å². The van der Waals surface area contributed by atoms with Crippen molar-refractivity contribution in [2.24, 2.45) is 0 Å². The average Bonchev–Trinajstić information content (AvgIpc) is 3.26. The molecule has 1 amide bonds. The van der Waals surface area contributed by atoms with E-state index >= 15 is 0 Å². The van der Waals surface area contributed by atoms with Crippen molar-refractivity contribution in [3.05, 3.63) is 60.0 Å². The molecule has 0 spiro atoms. The highest BCUT2D eigenvalue weighted by atomic mass is 19.1. The van der Waals surface area contributed by atoms with E-state index in [4.69, 9.17) is 9.26 Å². The summed E-state index contributed by atoms with van der Waals surface area (Å²) in [5.41, 5.74) is 0.0306. The van der Waals surface area contributed by atoms with E-state index in [-0.39, 0.29) is 24.1 Å². The van der Waals surface area contributed by atoms with E-state index in [0.29, 0.717) is 6.54 Å². The Hall–Kier alpha value is -3.30. The molecule has 0 saturated carbocycles. The second-order valence-corrected chi connectivity index (χ2v) is 5.51. The zero-order valence-corrected chi connectivity index (χ0v) is 13.7. The first-order valence-electron chi connectivity index (χ1n) is 7.68. The third-order valence-corrected chi connectivity index (χ3v) is 3.37. The summed E-state index contributed by atoms with van der Waals surface area (Å²) in [5.74, 6) is -2.48. The number of carbonyl (C=O) groups excluding carboxylic acids is 1. The van der Waals surface area contributed by atoms with Crippen LogP contribution in [0.5, 0.6) is 5.75 Å². The van der Waals surface area contributed by atoms with Crippen LogP contribution in [0.4, 0.5) is 8.78 Å².